The Labute approximate surface area is 131 Å². The van der Waals surface area contributed by atoms with E-state index < -0.39 is 0 Å². The van der Waals surface area contributed by atoms with Crippen molar-refractivity contribution in [1.29, 1.82) is 0 Å². The van der Waals surface area contributed by atoms with Crippen LogP contribution in [0.2, 0.25) is 5.02 Å². The van der Waals surface area contributed by atoms with Gasteiger partial charge in [-0.3, -0.25) is 4.90 Å². The van der Waals surface area contributed by atoms with Crippen LogP contribution in [0.4, 0.5) is 4.39 Å². The minimum atomic E-state index is -0.179. The molecule has 2 rings (SSSR count). The first-order valence-electron chi connectivity index (χ1n) is 7.57. The molecule has 0 atom stereocenters. The smallest absolute Gasteiger partial charge is 0.127 e. The molecule has 1 aromatic rings. The summed E-state index contributed by atoms with van der Waals surface area (Å²) in [5.41, 5.74) is 0.676. The van der Waals surface area contributed by atoms with Crippen LogP contribution in [0.1, 0.15) is 24.8 Å². The minimum Gasteiger partial charge on any atom is -0.396 e. The van der Waals surface area contributed by atoms with Crippen molar-refractivity contribution in [2.24, 2.45) is 0 Å². The van der Waals surface area contributed by atoms with Crippen molar-refractivity contribution in [3.63, 3.8) is 0 Å². The van der Waals surface area contributed by atoms with Gasteiger partial charge in [0.2, 0.25) is 0 Å². The number of halogens is 2. The highest BCUT2D eigenvalue weighted by molar-refractivity contribution is 6.30. The number of piperidine rings is 1. The first-order valence-corrected chi connectivity index (χ1v) is 7.95. The third kappa shape index (κ3) is 4.92. The molecule has 0 unspecified atom stereocenters. The lowest BCUT2D eigenvalue weighted by atomic mass is 10.0. The molecule has 21 heavy (non-hydrogen) atoms. The summed E-state index contributed by atoms with van der Waals surface area (Å²) in [7, 11) is 2.12. The van der Waals surface area contributed by atoms with Crippen molar-refractivity contribution in [3.05, 3.63) is 34.6 Å². The number of rotatable bonds is 6. The number of likely N-dealkylation sites (tertiary alicyclic amines) is 1. The van der Waals surface area contributed by atoms with Crippen molar-refractivity contribution in [2.75, 3.05) is 33.3 Å². The van der Waals surface area contributed by atoms with Gasteiger partial charge in [0.15, 0.2) is 0 Å². The second-order valence-electron chi connectivity index (χ2n) is 5.80. The molecule has 1 aliphatic heterocycles. The fourth-order valence-corrected chi connectivity index (χ4v) is 3.12. The predicted molar refractivity (Wildman–Crippen MR) is 84.0 cm³/mol. The van der Waals surface area contributed by atoms with Gasteiger partial charge in [0, 0.05) is 36.3 Å². The Morgan fingerprint density at radius 3 is 2.76 bits per heavy atom. The fourth-order valence-electron chi connectivity index (χ4n) is 2.93. The average molecular weight is 315 g/mol. The summed E-state index contributed by atoms with van der Waals surface area (Å²) in [6.07, 6.45) is 3.00. The Kier molecular flexibility index (Phi) is 6.42. The van der Waals surface area contributed by atoms with Gasteiger partial charge in [-0.15, -0.1) is 0 Å². The number of hydrogen-bond acceptors (Lipinski definition) is 3. The highest BCUT2D eigenvalue weighted by Gasteiger charge is 2.22. The fraction of sp³-hybridized carbons (Fsp3) is 0.625. The van der Waals surface area contributed by atoms with Gasteiger partial charge in [0.1, 0.15) is 5.82 Å². The van der Waals surface area contributed by atoms with Gasteiger partial charge in [0.05, 0.1) is 0 Å². The summed E-state index contributed by atoms with van der Waals surface area (Å²) < 4.78 is 13.8. The quantitative estimate of drug-likeness (QED) is 0.874. The Balaban J connectivity index is 1.82. The Morgan fingerprint density at radius 2 is 2.10 bits per heavy atom. The lowest BCUT2D eigenvalue weighted by Crippen LogP contribution is -2.43. The molecule has 1 aromatic carbocycles. The average Bonchev–Trinajstić information content (AvgIpc) is 2.49. The van der Waals surface area contributed by atoms with Crippen LogP contribution in [0.15, 0.2) is 18.2 Å². The van der Waals surface area contributed by atoms with E-state index in [9.17, 15) is 4.39 Å². The molecule has 5 heteroatoms. The van der Waals surface area contributed by atoms with Crippen molar-refractivity contribution in [2.45, 2.75) is 31.8 Å². The summed E-state index contributed by atoms with van der Waals surface area (Å²) in [6.45, 7) is 3.75. The molecule has 0 bridgehead atoms. The molecule has 1 heterocycles. The van der Waals surface area contributed by atoms with Crippen LogP contribution in [0.3, 0.4) is 0 Å². The molecular formula is C16H24ClFN2O. The Morgan fingerprint density at radius 1 is 1.38 bits per heavy atom. The third-order valence-electron chi connectivity index (χ3n) is 4.25. The molecule has 0 saturated carbocycles. The van der Waals surface area contributed by atoms with E-state index in [1.807, 2.05) is 0 Å². The molecule has 0 amide bonds. The zero-order chi connectivity index (χ0) is 15.2. The first-order chi connectivity index (χ1) is 10.1. The van der Waals surface area contributed by atoms with E-state index >= 15 is 0 Å². The van der Waals surface area contributed by atoms with Gasteiger partial charge in [-0.2, -0.15) is 0 Å². The maximum Gasteiger partial charge on any atom is 0.127 e. The topological polar surface area (TPSA) is 26.7 Å². The van der Waals surface area contributed by atoms with Crippen molar-refractivity contribution < 1.29 is 9.50 Å². The Bertz CT molecular complexity index is 450. The zero-order valence-corrected chi connectivity index (χ0v) is 13.3. The second-order valence-corrected chi connectivity index (χ2v) is 6.24. The number of aliphatic hydroxyl groups is 1. The molecule has 1 saturated heterocycles. The van der Waals surface area contributed by atoms with E-state index in [-0.39, 0.29) is 12.4 Å². The van der Waals surface area contributed by atoms with E-state index in [2.05, 4.69) is 16.8 Å². The third-order valence-corrected chi connectivity index (χ3v) is 4.49. The first kappa shape index (κ1) is 16.7. The number of benzene rings is 1. The van der Waals surface area contributed by atoms with Crippen LogP contribution in [-0.4, -0.2) is 54.2 Å². The van der Waals surface area contributed by atoms with Crippen molar-refractivity contribution in [1.82, 2.24) is 9.80 Å². The molecule has 0 aromatic heterocycles. The van der Waals surface area contributed by atoms with Gasteiger partial charge in [-0.1, -0.05) is 11.6 Å². The van der Waals surface area contributed by atoms with E-state index in [1.54, 1.807) is 12.1 Å². The highest BCUT2D eigenvalue weighted by Crippen LogP contribution is 2.21. The maximum absolute atomic E-state index is 13.8. The lowest BCUT2D eigenvalue weighted by molar-refractivity contribution is 0.117. The van der Waals surface area contributed by atoms with Crippen LogP contribution >= 0.6 is 11.6 Å². The number of nitrogens with zero attached hydrogens (tertiary/aromatic N) is 2. The molecule has 1 N–H and O–H groups in total. The molecule has 3 nitrogen and oxygen atoms in total. The summed E-state index contributed by atoms with van der Waals surface area (Å²) >= 11 is 5.94. The van der Waals surface area contributed by atoms with E-state index in [4.69, 9.17) is 16.7 Å². The largest absolute Gasteiger partial charge is 0.396 e. The SMILES string of the molecule is CN(CCCO)C1CCN(Cc2cc(Cl)ccc2F)CC1. The molecule has 118 valence electrons. The summed E-state index contributed by atoms with van der Waals surface area (Å²) in [4.78, 5) is 4.61. The van der Waals surface area contributed by atoms with Crippen LogP contribution in [0.25, 0.3) is 0 Å². The Hall–Kier alpha value is -0.680. The predicted octanol–water partition coefficient (Wildman–Crippen LogP) is 2.76. The second kappa shape index (κ2) is 8.08. The molecular weight excluding hydrogens is 291 g/mol. The molecule has 0 spiro atoms. The molecule has 0 aliphatic carbocycles. The van der Waals surface area contributed by atoms with Gasteiger partial charge in [-0.05, 0) is 57.6 Å². The molecule has 0 radical (unpaired) electrons. The van der Waals surface area contributed by atoms with Crippen LogP contribution in [0.5, 0.6) is 0 Å². The van der Waals surface area contributed by atoms with E-state index in [0.29, 0.717) is 23.2 Å². The van der Waals surface area contributed by atoms with Gasteiger partial charge in [-0.25, -0.2) is 4.39 Å². The van der Waals surface area contributed by atoms with Gasteiger partial charge >= 0.3 is 0 Å². The van der Waals surface area contributed by atoms with Crippen LogP contribution in [0, 0.1) is 5.82 Å². The standard InChI is InChI=1S/C16H24ClFN2O/c1-19(7-2-10-21)15-5-8-20(9-6-15)12-13-11-14(17)3-4-16(13)18/h3-4,11,15,21H,2,5-10,12H2,1H3. The van der Waals surface area contributed by atoms with Crippen LogP contribution in [-0.2, 0) is 6.54 Å². The van der Waals surface area contributed by atoms with Crippen molar-refractivity contribution >= 4 is 11.6 Å². The normalized spacial score (nSPS) is 17.6. The summed E-state index contributed by atoms with van der Waals surface area (Å²) in [5, 5.41) is 9.47. The summed E-state index contributed by atoms with van der Waals surface area (Å²) in [5.74, 6) is -0.179. The summed E-state index contributed by atoms with van der Waals surface area (Å²) in [6, 6.07) is 5.31. The number of hydrogen-bond donors (Lipinski definition) is 1. The monoisotopic (exact) mass is 314 g/mol. The van der Waals surface area contributed by atoms with Crippen LogP contribution < -0.4 is 0 Å². The highest BCUT2D eigenvalue weighted by atomic mass is 35.5. The lowest BCUT2D eigenvalue weighted by Gasteiger charge is -2.36. The van der Waals surface area contributed by atoms with Gasteiger partial charge < -0.3 is 10.0 Å². The zero-order valence-electron chi connectivity index (χ0n) is 12.6. The molecule has 1 aliphatic rings. The molecule has 1 fully saturated rings. The van der Waals surface area contributed by atoms with E-state index in [0.717, 1.165) is 38.9 Å². The minimum absolute atomic E-state index is 0.179. The maximum atomic E-state index is 13.8. The number of aliphatic hydroxyl groups excluding tert-OH is 1. The van der Waals surface area contributed by atoms with Crippen molar-refractivity contribution in [3.8, 4) is 0 Å². The van der Waals surface area contributed by atoms with E-state index in [1.165, 1.54) is 6.07 Å². The van der Waals surface area contributed by atoms with Gasteiger partial charge in [0.25, 0.3) is 0 Å².